The van der Waals surface area contributed by atoms with E-state index in [2.05, 4.69) is 0 Å². The number of benzene rings is 1. The summed E-state index contributed by atoms with van der Waals surface area (Å²) in [6, 6.07) is 5.83. The van der Waals surface area contributed by atoms with Crippen molar-refractivity contribution < 1.29 is 23.8 Å². The number of phenols is 1. The van der Waals surface area contributed by atoms with Gasteiger partial charge >= 0.3 is 11.6 Å². The van der Waals surface area contributed by atoms with E-state index in [9.17, 15) is 19.5 Å². The van der Waals surface area contributed by atoms with Gasteiger partial charge in [-0.1, -0.05) is 6.92 Å². The van der Waals surface area contributed by atoms with Crippen molar-refractivity contribution in [3.8, 4) is 5.75 Å². The monoisotopic (exact) mass is 369 g/mol. The minimum absolute atomic E-state index is 0.0443. The normalized spacial score (nSPS) is 10.9. The molecule has 0 amide bonds. The van der Waals surface area contributed by atoms with Crippen LogP contribution in [0.4, 0.5) is 0 Å². The van der Waals surface area contributed by atoms with Crippen molar-refractivity contribution in [2.75, 3.05) is 0 Å². The highest BCUT2D eigenvalue weighted by Crippen LogP contribution is 2.27. The van der Waals surface area contributed by atoms with Crippen LogP contribution in [0.15, 0.2) is 39.7 Å². The van der Waals surface area contributed by atoms with Gasteiger partial charge < -0.3 is 18.8 Å². The Morgan fingerprint density at radius 2 is 1.93 bits per heavy atom. The third-order valence-corrected chi connectivity index (χ3v) is 4.39. The molecule has 0 bridgehead atoms. The summed E-state index contributed by atoms with van der Waals surface area (Å²) >= 11 is 0. The Kier molecular flexibility index (Phi) is 4.85. The Balaban J connectivity index is 1.91. The molecular formula is C20H19NO6. The van der Waals surface area contributed by atoms with E-state index in [0.717, 1.165) is 0 Å². The number of rotatable bonds is 5. The van der Waals surface area contributed by atoms with Crippen molar-refractivity contribution in [3.05, 3.63) is 63.3 Å². The Morgan fingerprint density at radius 1 is 1.19 bits per heavy atom. The number of hydrogen-bond donors (Lipinski definition) is 1. The molecule has 0 unspecified atom stereocenters. The highest BCUT2D eigenvalue weighted by Gasteiger charge is 2.17. The number of fused-ring (bicyclic) bond motifs is 1. The van der Waals surface area contributed by atoms with E-state index in [4.69, 9.17) is 9.15 Å². The van der Waals surface area contributed by atoms with Crippen molar-refractivity contribution in [2.45, 2.75) is 26.9 Å². The molecule has 0 spiro atoms. The van der Waals surface area contributed by atoms with E-state index in [1.54, 1.807) is 19.3 Å². The van der Waals surface area contributed by atoms with Crippen LogP contribution in [0.2, 0.25) is 0 Å². The fourth-order valence-corrected chi connectivity index (χ4v) is 2.89. The van der Waals surface area contributed by atoms with Crippen LogP contribution >= 0.6 is 0 Å². The van der Waals surface area contributed by atoms with Gasteiger partial charge in [-0.3, -0.25) is 4.79 Å². The van der Waals surface area contributed by atoms with Crippen molar-refractivity contribution in [1.29, 1.82) is 0 Å². The van der Waals surface area contributed by atoms with Gasteiger partial charge in [0.15, 0.2) is 5.78 Å². The maximum Gasteiger partial charge on any atom is 0.355 e. The van der Waals surface area contributed by atoms with E-state index < -0.39 is 11.6 Å². The van der Waals surface area contributed by atoms with Gasteiger partial charge in [-0.25, -0.2) is 9.59 Å². The Morgan fingerprint density at radius 3 is 2.56 bits per heavy atom. The maximum atomic E-state index is 12.4. The average Bonchev–Trinajstić information content (AvgIpc) is 3.01. The van der Waals surface area contributed by atoms with Gasteiger partial charge in [-0.2, -0.15) is 0 Å². The number of hydrogen-bond acceptors (Lipinski definition) is 6. The first-order valence-electron chi connectivity index (χ1n) is 8.43. The number of nitrogens with zero attached hydrogens (tertiary/aromatic N) is 1. The highest BCUT2D eigenvalue weighted by molar-refractivity contribution is 5.97. The average molecular weight is 369 g/mol. The Labute approximate surface area is 154 Å². The van der Waals surface area contributed by atoms with Gasteiger partial charge in [0.25, 0.3) is 0 Å². The number of ether oxygens (including phenoxy) is 1. The highest BCUT2D eigenvalue weighted by atomic mass is 16.5. The predicted octanol–water partition coefficient (Wildman–Crippen LogP) is 2.96. The number of aryl methyl sites for hydroxylation is 2. The number of aromatic nitrogens is 1. The van der Waals surface area contributed by atoms with Crippen molar-refractivity contribution in [3.63, 3.8) is 0 Å². The van der Waals surface area contributed by atoms with Gasteiger partial charge in [0.2, 0.25) is 0 Å². The molecule has 2 aromatic heterocycles. The summed E-state index contributed by atoms with van der Waals surface area (Å²) in [5.41, 5.74) is 1.44. The van der Waals surface area contributed by atoms with Gasteiger partial charge in [-0.05, 0) is 31.0 Å². The second-order valence-corrected chi connectivity index (χ2v) is 6.28. The number of Topliss-reactive ketones (excluding diaryl/α,β-unsaturated/α-hetero) is 1. The van der Waals surface area contributed by atoms with Crippen LogP contribution in [0.1, 0.15) is 45.8 Å². The topological polar surface area (TPSA) is 98.7 Å². The SMILES string of the molecule is CCc1cc2c(COC(=O)c3cc(C(C)=O)cn3C)cc(=O)oc2cc1O. The first-order valence-corrected chi connectivity index (χ1v) is 8.43. The Bertz CT molecular complexity index is 1110. The van der Waals surface area contributed by atoms with Gasteiger partial charge in [0.1, 0.15) is 23.6 Å². The molecule has 140 valence electrons. The third-order valence-electron chi connectivity index (χ3n) is 4.39. The number of aromatic hydroxyl groups is 1. The zero-order chi connectivity index (χ0) is 19.7. The van der Waals surface area contributed by atoms with Crippen LogP contribution in [0.25, 0.3) is 11.0 Å². The number of esters is 1. The molecule has 0 saturated carbocycles. The van der Waals surface area contributed by atoms with Gasteiger partial charge in [0, 0.05) is 41.9 Å². The summed E-state index contributed by atoms with van der Waals surface area (Å²) in [6.07, 6.45) is 2.15. The Hall–Kier alpha value is -3.35. The molecule has 0 aliphatic heterocycles. The van der Waals surface area contributed by atoms with Crippen molar-refractivity contribution in [2.24, 2.45) is 7.05 Å². The summed E-state index contributed by atoms with van der Waals surface area (Å²) in [5.74, 6) is -0.716. The fourth-order valence-electron chi connectivity index (χ4n) is 2.89. The smallest absolute Gasteiger partial charge is 0.355 e. The molecule has 0 radical (unpaired) electrons. The van der Waals surface area contributed by atoms with E-state index in [1.165, 1.54) is 29.7 Å². The molecule has 7 nitrogen and oxygen atoms in total. The second-order valence-electron chi connectivity index (χ2n) is 6.28. The summed E-state index contributed by atoms with van der Waals surface area (Å²) in [7, 11) is 1.64. The van der Waals surface area contributed by atoms with Gasteiger partial charge in [0.05, 0.1) is 0 Å². The summed E-state index contributed by atoms with van der Waals surface area (Å²) in [4.78, 5) is 35.6. The number of phenolic OH excluding ortho intramolecular Hbond substituents is 1. The quantitative estimate of drug-likeness (QED) is 0.422. The van der Waals surface area contributed by atoms with E-state index in [1.807, 2.05) is 6.92 Å². The van der Waals surface area contributed by atoms with E-state index >= 15 is 0 Å². The largest absolute Gasteiger partial charge is 0.508 e. The van der Waals surface area contributed by atoms with E-state index in [-0.39, 0.29) is 29.4 Å². The molecule has 27 heavy (non-hydrogen) atoms. The number of carbonyl (C=O) groups is 2. The molecule has 0 aliphatic carbocycles. The molecule has 0 atom stereocenters. The minimum atomic E-state index is -0.610. The molecule has 0 saturated heterocycles. The number of carbonyl (C=O) groups excluding carboxylic acids is 2. The molecule has 2 heterocycles. The molecule has 7 heteroatoms. The van der Waals surface area contributed by atoms with Crippen LogP contribution < -0.4 is 5.63 Å². The lowest BCUT2D eigenvalue weighted by Crippen LogP contribution is -2.11. The molecular weight excluding hydrogens is 350 g/mol. The first-order chi connectivity index (χ1) is 12.8. The lowest BCUT2D eigenvalue weighted by atomic mass is 10.0. The standard InChI is InChI=1S/C20H19NO6/c1-4-12-5-15-14(7-19(24)27-18(15)8-17(12)23)10-26-20(25)16-6-13(11(2)22)9-21(16)3/h5-9,23H,4,10H2,1-3H3. The lowest BCUT2D eigenvalue weighted by Gasteiger charge is -2.10. The molecule has 3 rings (SSSR count). The maximum absolute atomic E-state index is 12.4. The first kappa shape index (κ1) is 18.4. The summed E-state index contributed by atoms with van der Waals surface area (Å²) < 4.78 is 12.0. The molecule has 1 N–H and O–H groups in total. The molecule has 1 aromatic carbocycles. The second kappa shape index (κ2) is 7.11. The van der Waals surface area contributed by atoms with Crippen LogP contribution in [0.5, 0.6) is 5.75 Å². The summed E-state index contributed by atoms with van der Waals surface area (Å²) in [6.45, 7) is 3.16. The van der Waals surface area contributed by atoms with Crippen LogP contribution in [-0.2, 0) is 24.8 Å². The zero-order valence-corrected chi connectivity index (χ0v) is 15.2. The molecule has 0 aliphatic rings. The molecule has 3 aromatic rings. The van der Waals surface area contributed by atoms with Gasteiger partial charge in [-0.15, -0.1) is 0 Å². The van der Waals surface area contributed by atoms with Crippen LogP contribution in [0.3, 0.4) is 0 Å². The molecule has 0 fully saturated rings. The summed E-state index contributed by atoms with van der Waals surface area (Å²) in [5, 5.41) is 10.5. The third kappa shape index (κ3) is 3.62. The fraction of sp³-hybridized carbons (Fsp3) is 0.250. The van der Waals surface area contributed by atoms with Crippen molar-refractivity contribution >= 4 is 22.7 Å². The minimum Gasteiger partial charge on any atom is -0.508 e. The van der Waals surface area contributed by atoms with Crippen LogP contribution in [-0.4, -0.2) is 21.4 Å². The number of ketones is 1. The van der Waals surface area contributed by atoms with Crippen molar-refractivity contribution in [1.82, 2.24) is 4.57 Å². The predicted molar refractivity (Wildman–Crippen MR) is 98.1 cm³/mol. The van der Waals surface area contributed by atoms with Crippen LogP contribution in [0, 0.1) is 0 Å². The van der Waals surface area contributed by atoms with E-state index in [0.29, 0.717) is 28.5 Å². The lowest BCUT2D eigenvalue weighted by molar-refractivity contribution is 0.0462. The zero-order valence-electron chi connectivity index (χ0n) is 15.2.